The Kier molecular flexibility index (Phi) is 6.14. The van der Waals surface area contributed by atoms with Crippen LogP contribution >= 0.6 is 15.9 Å². The number of hydrogen-bond acceptors (Lipinski definition) is 3. The summed E-state index contributed by atoms with van der Waals surface area (Å²) in [6.07, 6.45) is 2.27. The summed E-state index contributed by atoms with van der Waals surface area (Å²) < 4.78 is 6.41. The van der Waals surface area contributed by atoms with Gasteiger partial charge in [0.2, 0.25) is 5.91 Å². The standard InChI is InChI=1S/C24H27BrN2O3/c1-3-21(28)27-20-12-11-18(25)13-19(20)22(15(2)23(27)17-9-10-17)26-24(29)30-14-16-7-5-4-6-8-16/h4-8,11-13,15,17,22-23H,3,9-10,14H2,1-2H3,(H,26,29)/t15-,22-,23-/m1/s1. The first-order valence-corrected chi connectivity index (χ1v) is 11.4. The van der Waals surface area contributed by atoms with Crippen molar-refractivity contribution in [1.29, 1.82) is 0 Å². The number of ether oxygens (including phenoxy) is 1. The minimum absolute atomic E-state index is 0.0825. The molecule has 3 atom stereocenters. The van der Waals surface area contributed by atoms with Gasteiger partial charge in [0, 0.05) is 28.5 Å². The van der Waals surface area contributed by atoms with Gasteiger partial charge in [0.25, 0.3) is 0 Å². The van der Waals surface area contributed by atoms with Gasteiger partial charge in [-0.25, -0.2) is 4.79 Å². The van der Waals surface area contributed by atoms with Gasteiger partial charge >= 0.3 is 6.09 Å². The lowest BCUT2D eigenvalue weighted by Crippen LogP contribution is -2.53. The number of rotatable bonds is 5. The van der Waals surface area contributed by atoms with Crippen LogP contribution in [0.2, 0.25) is 0 Å². The lowest BCUT2D eigenvalue weighted by atomic mass is 9.80. The summed E-state index contributed by atoms with van der Waals surface area (Å²) in [5, 5.41) is 3.09. The van der Waals surface area contributed by atoms with Crippen molar-refractivity contribution in [3.05, 3.63) is 64.1 Å². The van der Waals surface area contributed by atoms with Gasteiger partial charge in [-0.2, -0.15) is 0 Å². The number of amides is 2. The molecule has 2 aromatic rings. The van der Waals surface area contributed by atoms with Crippen molar-refractivity contribution in [3.8, 4) is 0 Å². The second-order valence-corrected chi connectivity index (χ2v) is 9.11. The number of anilines is 1. The Morgan fingerprint density at radius 1 is 1.17 bits per heavy atom. The normalized spacial score (nSPS) is 22.9. The third-order valence-corrected chi connectivity index (χ3v) is 6.60. The predicted molar refractivity (Wildman–Crippen MR) is 120 cm³/mol. The van der Waals surface area contributed by atoms with E-state index in [0.29, 0.717) is 12.3 Å². The van der Waals surface area contributed by atoms with Crippen LogP contribution in [0.15, 0.2) is 53.0 Å². The van der Waals surface area contributed by atoms with E-state index in [2.05, 4.69) is 28.2 Å². The van der Waals surface area contributed by atoms with Crippen LogP contribution in [0.3, 0.4) is 0 Å². The highest BCUT2D eigenvalue weighted by molar-refractivity contribution is 9.10. The molecule has 0 aromatic heterocycles. The minimum Gasteiger partial charge on any atom is -0.445 e. The largest absolute Gasteiger partial charge is 0.445 e. The van der Waals surface area contributed by atoms with Crippen molar-refractivity contribution in [2.45, 2.75) is 51.8 Å². The van der Waals surface area contributed by atoms with E-state index in [1.54, 1.807) is 0 Å². The molecule has 1 heterocycles. The summed E-state index contributed by atoms with van der Waals surface area (Å²) in [4.78, 5) is 27.5. The van der Waals surface area contributed by atoms with E-state index in [1.807, 2.05) is 60.4 Å². The monoisotopic (exact) mass is 470 g/mol. The summed E-state index contributed by atoms with van der Waals surface area (Å²) in [5.74, 6) is 0.698. The van der Waals surface area contributed by atoms with E-state index in [4.69, 9.17) is 4.74 Å². The van der Waals surface area contributed by atoms with Crippen LogP contribution in [0.4, 0.5) is 10.5 Å². The molecule has 5 nitrogen and oxygen atoms in total. The Hall–Kier alpha value is -2.34. The molecule has 2 aromatic carbocycles. The molecule has 0 unspecified atom stereocenters. The molecule has 0 saturated heterocycles. The Bertz CT molecular complexity index is 929. The quantitative estimate of drug-likeness (QED) is 0.619. The van der Waals surface area contributed by atoms with Gasteiger partial charge in [-0.15, -0.1) is 0 Å². The van der Waals surface area contributed by atoms with Crippen LogP contribution in [0.1, 0.15) is 50.3 Å². The van der Waals surface area contributed by atoms with Gasteiger partial charge in [-0.1, -0.05) is 60.1 Å². The van der Waals surface area contributed by atoms with Crippen LogP contribution < -0.4 is 10.2 Å². The number of fused-ring (bicyclic) bond motifs is 1. The molecule has 1 aliphatic carbocycles. The van der Waals surface area contributed by atoms with Crippen molar-refractivity contribution in [3.63, 3.8) is 0 Å². The Balaban J connectivity index is 1.60. The fourth-order valence-electron chi connectivity index (χ4n) is 4.52. The zero-order chi connectivity index (χ0) is 21.3. The molecule has 1 fully saturated rings. The third-order valence-electron chi connectivity index (χ3n) is 6.11. The summed E-state index contributed by atoms with van der Waals surface area (Å²) >= 11 is 3.55. The van der Waals surface area contributed by atoms with Crippen LogP contribution in [0, 0.1) is 11.8 Å². The molecule has 2 amide bonds. The highest BCUT2D eigenvalue weighted by Gasteiger charge is 2.48. The minimum atomic E-state index is -0.438. The number of benzene rings is 2. The molecule has 158 valence electrons. The zero-order valence-electron chi connectivity index (χ0n) is 17.3. The molecule has 2 aliphatic rings. The van der Waals surface area contributed by atoms with Crippen LogP contribution in [-0.4, -0.2) is 18.0 Å². The summed E-state index contributed by atoms with van der Waals surface area (Å²) in [5.41, 5.74) is 2.80. The predicted octanol–water partition coefficient (Wildman–Crippen LogP) is 5.59. The lowest BCUT2D eigenvalue weighted by molar-refractivity contribution is -0.119. The Morgan fingerprint density at radius 3 is 2.57 bits per heavy atom. The maximum absolute atomic E-state index is 12.9. The van der Waals surface area contributed by atoms with Gasteiger partial charge < -0.3 is 15.0 Å². The molecule has 1 saturated carbocycles. The summed E-state index contributed by atoms with van der Waals surface area (Å²) in [6, 6.07) is 15.5. The van der Waals surface area contributed by atoms with E-state index >= 15 is 0 Å². The SMILES string of the molecule is CCC(=O)N1c2ccc(Br)cc2[C@H](NC(=O)OCc2ccccc2)[C@@H](C)[C@@H]1C1CC1. The average molecular weight is 471 g/mol. The van der Waals surface area contributed by atoms with E-state index in [9.17, 15) is 9.59 Å². The van der Waals surface area contributed by atoms with E-state index < -0.39 is 6.09 Å². The summed E-state index contributed by atoms with van der Waals surface area (Å²) in [7, 11) is 0. The number of carbonyl (C=O) groups is 2. The van der Waals surface area contributed by atoms with Gasteiger partial charge in [-0.05, 0) is 48.1 Å². The van der Waals surface area contributed by atoms with Gasteiger partial charge in [0.15, 0.2) is 0 Å². The fraction of sp³-hybridized carbons (Fsp3) is 0.417. The smallest absolute Gasteiger partial charge is 0.407 e. The second kappa shape index (κ2) is 8.80. The van der Waals surface area contributed by atoms with Crippen molar-refractivity contribution < 1.29 is 14.3 Å². The first-order valence-electron chi connectivity index (χ1n) is 10.6. The van der Waals surface area contributed by atoms with Crippen LogP contribution in [-0.2, 0) is 16.1 Å². The molecule has 0 bridgehead atoms. The Labute approximate surface area is 185 Å². The van der Waals surface area contributed by atoms with Gasteiger partial charge in [0.1, 0.15) is 6.61 Å². The van der Waals surface area contributed by atoms with Crippen molar-refractivity contribution in [2.75, 3.05) is 4.90 Å². The number of alkyl carbamates (subject to hydrolysis) is 1. The zero-order valence-corrected chi connectivity index (χ0v) is 18.9. The first-order chi connectivity index (χ1) is 14.5. The average Bonchev–Trinajstić information content (AvgIpc) is 3.59. The molecule has 4 rings (SSSR count). The van der Waals surface area contributed by atoms with Crippen molar-refractivity contribution in [2.24, 2.45) is 11.8 Å². The van der Waals surface area contributed by atoms with Crippen molar-refractivity contribution in [1.82, 2.24) is 5.32 Å². The highest BCUT2D eigenvalue weighted by atomic mass is 79.9. The van der Waals surface area contributed by atoms with Crippen LogP contribution in [0.5, 0.6) is 0 Å². The number of halogens is 1. The molecular weight excluding hydrogens is 444 g/mol. The number of carbonyl (C=O) groups excluding carboxylic acids is 2. The van der Waals surface area contributed by atoms with Crippen molar-refractivity contribution >= 4 is 33.6 Å². The molecule has 0 spiro atoms. The molecule has 1 aliphatic heterocycles. The lowest BCUT2D eigenvalue weighted by Gasteiger charge is -2.45. The van der Waals surface area contributed by atoms with Crippen LogP contribution in [0.25, 0.3) is 0 Å². The molecule has 1 N–H and O–H groups in total. The van der Waals surface area contributed by atoms with E-state index in [1.165, 1.54) is 0 Å². The third kappa shape index (κ3) is 4.24. The molecule has 30 heavy (non-hydrogen) atoms. The van der Waals surface area contributed by atoms with E-state index in [-0.39, 0.29) is 30.5 Å². The van der Waals surface area contributed by atoms with E-state index in [0.717, 1.165) is 34.1 Å². The summed E-state index contributed by atoms with van der Waals surface area (Å²) in [6.45, 7) is 4.26. The maximum atomic E-state index is 12.9. The topological polar surface area (TPSA) is 58.6 Å². The number of hydrogen-bond donors (Lipinski definition) is 1. The molecular formula is C24H27BrN2O3. The van der Waals surface area contributed by atoms with Gasteiger partial charge in [-0.3, -0.25) is 4.79 Å². The second-order valence-electron chi connectivity index (χ2n) is 8.19. The fourth-order valence-corrected chi connectivity index (χ4v) is 4.90. The molecule has 0 radical (unpaired) electrons. The number of nitrogens with zero attached hydrogens (tertiary/aromatic N) is 1. The first kappa shape index (κ1) is 20.9. The molecule has 6 heteroatoms. The highest BCUT2D eigenvalue weighted by Crippen LogP contribution is 2.49. The van der Waals surface area contributed by atoms with Gasteiger partial charge in [0.05, 0.1) is 6.04 Å². The Morgan fingerprint density at radius 2 is 1.90 bits per heavy atom. The number of nitrogens with one attached hydrogen (secondary N) is 1. The maximum Gasteiger partial charge on any atom is 0.407 e.